The molecule has 0 spiro atoms. The first kappa shape index (κ1) is 14.7. The van der Waals surface area contributed by atoms with Gasteiger partial charge in [-0.15, -0.1) is 0 Å². The van der Waals surface area contributed by atoms with E-state index < -0.39 is 10.0 Å². The molecule has 0 bridgehead atoms. The average molecular weight is 297 g/mol. The third-order valence-electron chi connectivity index (χ3n) is 3.30. The smallest absolute Gasteiger partial charge is 0.241 e. The van der Waals surface area contributed by atoms with Crippen molar-refractivity contribution in [3.8, 4) is 0 Å². The Morgan fingerprint density at radius 2 is 1.95 bits per heavy atom. The van der Waals surface area contributed by atoms with E-state index in [1.807, 2.05) is 20.0 Å². The topological polar surface area (TPSA) is 95.8 Å². The van der Waals surface area contributed by atoms with Crippen LogP contribution in [0.3, 0.4) is 0 Å². The summed E-state index contributed by atoms with van der Waals surface area (Å²) in [6.07, 6.45) is 0.855. The van der Waals surface area contributed by atoms with Crippen molar-refractivity contribution in [2.75, 3.05) is 0 Å². The minimum atomic E-state index is -3.75. The number of hydrogen-bond acceptors (Lipinski definition) is 4. The predicted octanol–water partition coefficient (Wildman–Crippen LogP) is 0.492. The van der Waals surface area contributed by atoms with Gasteiger partial charge in [-0.3, -0.25) is 9.36 Å². The van der Waals surface area contributed by atoms with Crippen LogP contribution in [0, 0.1) is 13.8 Å². The molecular weight excluding hydrogens is 278 g/mol. The van der Waals surface area contributed by atoms with Crippen LogP contribution in [0.5, 0.6) is 0 Å². The van der Waals surface area contributed by atoms with Gasteiger partial charge in [0.2, 0.25) is 10.0 Å². The molecule has 8 heteroatoms. The number of nitrogens with zero attached hydrogens (tertiary/aromatic N) is 4. The lowest BCUT2D eigenvalue weighted by atomic mass is 10.3. The van der Waals surface area contributed by atoms with Gasteiger partial charge in [-0.05, 0) is 26.3 Å². The van der Waals surface area contributed by atoms with Crippen molar-refractivity contribution in [1.29, 1.82) is 0 Å². The lowest BCUT2D eigenvalue weighted by Gasteiger charge is -2.05. The second-order valence-electron chi connectivity index (χ2n) is 4.81. The van der Waals surface area contributed by atoms with E-state index >= 15 is 0 Å². The fraction of sp³-hybridized carbons (Fsp3) is 0.500. The van der Waals surface area contributed by atoms with E-state index in [2.05, 4.69) is 10.2 Å². The number of hydrogen-bond donors (Lipinski definition) is 1. The number of aryl methyl sites for hydroxylation is 3. The zero-order valence-corrected chi connectivity index (χ0v) is 12.9. The van der Waals surface area contributed by atoms with E-state index in [1.165, 1.54) is 0 Å². The normalized spacial score (nSPS) is 12.1. The molecule has 0 atom stereocenters. The summed E-state index contributed by atoms with van der Waals surface area (Å²) >= 11 is 0. The van der Waals surface area contributed by atoms with Crippen molar-refractivity contribution in [3.05, 3.63) is 28.8 Å². The van der Waals surface area contributed by atoms with Gasteiger partial charge in [-0.2, -0.15) is 10.2 Å². The quantitative estimate of drug-likeness (QED) is 0.888. The summed E-state index contributed by atoms with van der Waals surface area (Å²) in [5.41, 5.74) is 2.93. The second-order valence-corrected chi connectivity index (χ2v) is 6.31. The number of rotatable bonds is 4. The minimum Gasteiger partial charge on any atom is -0.270 e. The van der Waals surface area contributed by atoms with Gasteiger partial charge in [-0.25, -0.2) is 13.6 Å². The molecule has 0 amide bonds. The van der Waals surface area contributed by atoms with E-state index in [-0.39, 0.29) is 4.90 Å². The fourth-order valence-corrected chi connectivity index (χ4v) is 3.26. The van der Waals surface area contributed by atoms with Crippen LogP contribution in [0.25, 0.3) is 0 Å². The summed E-state index contributed by atoms with van der Waals surface area (Å²) in [4.78, 5) is 0.107. The van der Waals surface area contributed by atoms with Gasteiger partial charge >= 0.3 is 0 Å². The van der Waals surface area contributed by atoms with Crippen molar-refractivity contribution in [2.45, 2.75) is 38.6 Å². The molecule has 0 fully saturated rings. The predicted molar refractivity (Wildman–Crippen MR) is 74.8 cm³/mol. The van der Waals surface area contributed by atoms with E-state index in [9.17, 15) is 8.42 Å². The molecule has 20 heavy (non-hydrogen) atoms. The maximum atomic E-state index is 11.6. The lowest BCUT2D eigenvalue weighted by Crippen LogP contribution is -2.15. The Hall–Kier alpha value is -1.67. The molecule has 2 rings (SSSR count). The highest BCUT2D eigenvalue weighted by molar-refractivity contribution is 7.89. The van der Waals surface area contributed by atoms with E-state index in [4.69, 9.17) is 5.14 Å². The van der Waals surface area contributed by atoms with Gasteiger partial charge in [0.25, 0.3) is 0 Å². The molecule has 0 aliphatic rings. The van der Waals surface area contributed by atoms with Crippen molar-refractivity contribution in [2.24, 2.45) is 12.2 Å². The van der Waals surface area contributed by atoms with Gasteiger partial charge in [0.15, 0.2) is 0 Å². The molecular formula is C12H19N5O2S. The standard InChI is InChI=1S/C12H19N5O2S/c1-5-10-6-11(16(4)15-10)7-17-9(3)12(8(2)14-17)20(13,18)19/h6H,5,7H2,1-4H3,(H2,13,18,19). The Bertz CT molecular complexity index is 742. The molecule has 2 aromatic heterocycles. The molecule has 110 valence electrons. The molecule has 7 nitrogen and oxygen atoms in total. The Balaban J connectivity index is 2.42. The summed E-state index contributed by atoms with van der Waals surface area (Å²) < 4.78 is 26.6. The number of primary sulfonamides is 1. The zero-order chi connectivity index (χ0) is 15.1. The van der Waals surface area contributed by atoms with Crippen LogP contribution in [0.4, 0.5) is 0 Å². The van der Waals surface area contributed by atoms with Gasteiger partial charge in [0, 0.05) is 7.05 Å². The summed E-state index contributed by atoms with van der Waals surface area (Å²) in [7, 11) is -1.89. The maximum Gasteiger partial charge on any atom is 0.241 e. The Labute approximate surface area is 118 Å². The van der Waals surface area contributed by atoms with Crippen LogP contribution in [0.15, 0.2) is 11.0 Å². The molecule has 0 saturated carbocycles. The van der Waals surface area contributed by atoms with Gasteiger partial charge in [0.1, 0.15) is 4.90 Å². The van der Waals surface area contributed by atoms with Crippen molar-refractivity contribution in [3.63, 3.8) is 0 Å². The summed E-state index contributed by atoms with van der Waals surface area (Å²) in [5.74, 6) is 0. The van der Waals surface area contributed by atoms with Crippen LogP contribution in [-0.2, 0) is 30.0 Å². The monoisotopic (exact) mass is 297 g/mol. The van der Waals surface area contributed by atoms with E-state index in [1.54, 1.807) is 23.2 Å². The lowest BCUT2D eigenvalue weighted by molar-refractivity contribution is 0.592. The Morgan fingerprint density at radius 1 is 1.30 bits per heavy atom. The summed E-state index contributed by atoms with van der Waals surface area (Å²) in [6, 6.07) is 1.99. The van der Waals surface area contributed by atoms with Gasteiger partial charge in [-0.1, -0.05) is 6.92 Å². The van der Waals surface area contributed by atoms with Crippen LogP contribution >= 0.6 is 0 Å². The van der Waals surface area contributed by atoms with E-state index in [0.717, 1.165) is 17.8 Å². The largest absolute Gasteiger partial charge is 0.270 e. The zero-order valence-electron chi connectivity index (χ0n) is 12.1. The second kappa shape index (κ2) is 5.02. The SMILES string of the molecule is CCc1cc(Cn2nc(C)c(S(N)(=O)=O)c2C)n(C)n1. The molecule has 2 aromatic rings. The molecule has 0 radical (unpaired) electrons. The third kappa shape index (κ3) is 2.61. The Morgan fingerprint density at radius 3 is 2.40 bits per heavy atom. The highest BCUT2D eigenvalue weighted by Gasteiger charge is 2.21. The average Bonchev–Trinajstić information content (AvgIpc) is 2.80. The molecule has 0 aromatic carbocycles. The molecule has 0 aliphatic carbocycles. The van der Waals surface area contributed by atoms with Crippen LogP contribution < -0.4 is 5.14 Å². The first-order valence-corrected chi connectivity index (χ1v) is 7.87. The van der Waals surface area contributed by atoms with Crippen molar-refractivity contribution in [1.82, 2.24) is 19.6 Å². The Kier molecular flexibility index (Phi) is 3.70. The molecule has 0 saturated heterocycles. The van der Waals surface area contributed by atoms with Gasteiger partial charge in [0.05, 0.1) is 29.3 Å². The highest BCUT2D eigenvalue weighted by Crippen LogP contribution is 2.19. The molecule has 2 N–H and O–H groups in total. The van der Waals surface area contributed by atoms with Crippen LogP contribution in [-0.4, -0.2) is 28.0 Å². The third-order valence-corrected chi connectivity index (χ3v) is 4.46. The number of aromatic nitrogens is 4. The fourth-order valence-electron chi connectivity index (χ4n) is 2.29. The number of sulfonamides is 1. The molecule has 0 unspecified atom stereocenters. The molecule has 0 aliphatic heterocycles. The van der Waals surface area contributed by atoms with Crippen molar-refractivity contribution < 1.29 is 8.42 Å². The summed E-state index contributed by atoms with van der Waals surface area (Å²) in [5, 5.41) is 13.9. The minimum absolute atomic E-state index is 0.107. The van der Waals surface area contributed by atoms with Gasteiger partial charge < -0.3 is 0 Å². The molecule has 2 heterocycles. The van der Waals surface area contributed by atoms with Crippen molar-refractivity contribution >= 4 is 10.0 Å². The van der Waals surface area contributed by atoms with Crippen LogP contribution in [0.1, 0.15) is 29.7 Å². The number of nitrogens with two attached hydrogens (primary N) is 1. The van der Waals surface area contributed by atoms with Crippen LogP contribution in [0.2, 0.25) is 0 Å². The maximum absolute atomic E-state index is 11.6. The summed E-state index contributed by atoms with van der Waals surface area (Å²) in [6.45, 7) is 5.85. The van der Waals surface area contributed by atoms with E-state index in [0.29, 0.717) is 17.9 Å². The first-order valence-electron chi connectivity index (χ1n) is 6.32. The highest BCUT2D eigenvalue weighted by atomic mass is 32.2. The first-order chi connectivity index (χ1) is 9.24.